The van der Waals surface area contributed by atoms with E-state index in [4.69, 9.17) is 0 Å². The van der Waals surface area contributed by atoms with Crippen LogP contribution in [0.1, 0.15) is 13.3 Å². The number of hydrogen-bond donors (Lipinski definition) is 0. The van der Waals surface area contributed by atoms with Crippen LogP contribution in [-0.2, 0) is 4.79 Å². The van der Waals surface area contributed by atoms with Gasteiger partial charge in [0, 0.05) is 21.6 Å². The predicted octanol–water partition coefficient (Wildman–Crippen LogP) is 4.84. The van der Waals surface area contributed by atoms with E-state index in [9.17, 15) is 9.18 Å². The SMILES string of the molecule is C[C@H]1CCN(C(=O)CSc2ccc(F)cc2)c2ccccc2S1. The topological polar surface area (TPSA) is 20.3 Å². The van der Waals surface area contributed by atoms with Crippen LogP contribution in [0.25, 0.3) is 0 Å². The van der Waals surface area contributed by atoms with Crippen LogP contribution >= 0.6 is 23.5 Å². The number of carbonyl (C=O) groups is 1. The van der Waals surface area contributed by atoms with Crippen molar-refractivity contribution >= 4 is 35.1 Å². The molecule has 0 radical (unpaired) electrons. The molecule has 1 atom stereocenters. The van der Waals surface area contributed by atoms with Crippen LogP contribution in [0.5, 0.6) is 0 Å². The normalized spacial score (nSPS) is 17.5. The van der Waals surface area contributed by atoms with Crippen molar-refractivity contribution < 1.29 is 9.18 Å². The van der Waals surface area contributed by atoms with Crippen molar-refractivity contribution in [2.75, 3.05) is 17.2 Å². The molecule has 1 aliphatic heterocycles. The van der Waals surface area contributed by atoms with Crippen molar-refractivity contribution in [3.8, 4) is 0 Å². The van der Waals surface area contributed by atoms with E-state index < -0.39 is 0 Å². The highest BCUT2D eigenvalue weighted by atomic mass is 32.2. The number of anilines is 1. The van der Waals surface area contributed by atoms with Crippen LogP contribution in [-0.4, -0.2) is 23.5 Å². The van der Waals surface area contributed by atoms with Crippen molar-refractivity contribution in [1.82, 2.24) is 0 Å². The van der Waals surface area contributed by atoms with Crippen LogP contribution in [0.4, 0.5) is 10.1 Å². The summed E-state index contributed by atoms with van der Waals surface area (Å²) in [4.78, 5) is 16.6. The number of para-hydroxylation sites is 1. The lowest BCUT2D eigenvalue weighted by atomic mass is 10.2. The first-order valence-corrected chi connectivity index (χ1v) is 9.44. The van der Waals surface area contributed by atoms with Crippen LogP contribution < -0.4 is 4.90 Å². The zero-order valence-electron chi connectivity index (χ0n) is 12.9. The van der Waals surface area contributed by atoms with Crippen molar-refractivity contribution in [3.05, 3.63) is 54.3 Å². The van der Waals surface area contributed by atoms with Crippen LogP contribution in [0.3, 0.4) is 0 Å². The summed E-state index contributed by atoms with van der Waals surface area (Å²) in [5, 5.41) is 0.499. The standard InChI is InChI=1S/C18H18FNOS2/c1-13-10-11-20(16-4-2-3-5-17(16)23-13)18(21)12-22-15-8-6-14(19)7-9-15/h2-9,13H,10-12H2,1H3/t13-/m0/s1. The maximum atomic E-state index is 12.9. The molecule has 1 heterocycles. The Hall–Kier alpha value is -1.46. The summed E-state index contributed by atoms with van der Waals surface area (Å²) < 4.78 is 12.9. The number of benzene rings is 2. The molecular weight excluding hydrogens is 329 g/mol. The molecule has 120 valence electrons. The van der Waals surface area contributed by atoms with Gasteiger partial charge >= 0.3 is 0 Å². The first kappa shape index (κ1) is 16.4. The minimum Gasteiger partial charge on any atom is -0.311 e. The first-order valence-electron chi connectivity index (χ1n) is 7.58. The molecule has 5 heteroatoms. The predicted molar refractivity (Wildman–Crippen MR) is 95.9 cm³/mol. The van der Waals surface area contributed by atoms with Crippen LogP contribution in [0.2, 0.25) is 0 Å². The van der Waals surface area contributed by atoms with Crippen LogP contribution in [0.15, 0.2) is 58.3 Å². The molecule has 0 aromatic heterocycles. The van der Waals surface area contributed by atoms with Crippen molar-refractivity contribution in [2.24, 2.45) is 0 Å². The van der Waals surface area contributed by atoms with E-state index in [1.807, 2.05) is 34.9 Å². The Labute approximate surface area is 144 Å². The van der Waals surface area contributed by atoms with Crippen LogP contribution in [0, 0.1) is 5.82 Å². The fourth-order valence-corrected chi connectivity index (χ4v) is 4.39. The van der Waals surface area contributed by atoms with Gasteiger partial charge in [0.05, 0.1) is 11.4 Å². The third-order valence-electron chi connectivity index (χ3n) is 3.72. The highest BCUT2D eigenvalue weighted by Gasteiger charge is 2.23. The number of rotatable bonds is 3. The summed E-state index contributed by atoms with van der Waals surface area (Å²) in [5.41, 5.74) is 1.01. The van der Waals surface area contributed by atoms with Gasteiger partial charge in [0.1, 0.15) is 5.82 Å². The highest BCUT2D eigenvalue weighted by molar-refractivity contribution is 8.00. The van der Waals surface area contributed by atoms with Gasteiger partial charge in [-0.2, -0.15) is 0 Å². The second-order valence-electron chi connectivity index (χ2n) is 5.47. The number of hydrogen-bond acceptors (Lipinski definition) is 3. The van der Waals surface area contributed by atoms with E-state index in [0.717, 1.165) is 28.4 Å². The molecule has 0 unspecified atom stereocenters. The van der Waals surface area contributed by atoms with E-state index >= 15 is 0 Å². The van der Waals surface area contributed by atoms with Gasteiger partial charge in [0.2, 0.25) is 5.91 Å². The molecule has 0 N–H and O–H groups in total. The molecule has 2 aromatic carbocycles. The summed E-state index contributed by atoms with van der Waals surface area (Å²) in [6, 6.07) is 14.3. The number of halogens is 1. The lowest BCUT2D eigenvalue weighted by molar-refractivity contribution is -0.116. The molecule has 0 spiro atoms. The molecule has 0 fully saturated rings. The van der Waals surface area contributed by atoms with Crippen molar-refractivity contribution in [2.45, 2.75) is 28.4 Å². The zero-order valence-corrected chi connectivity index (χ0v) is 14.5. The Balaban J connectivity index is 1.72. The van der Waals surface area contributed by atoms with Gasteiger partial charge in [-0.25, -0.2) is 4.39 Å². The maximum absolute atomic E-state index is 12.9. The van der Waals surface area contributed by atoms with Gasteiger partial charge in [0.15, 0.2) is 0 Å². The average Bonchev–Trinajstić information content (AvgIpc) is 2.72. The Bertz CT molecular complexity index is 690. The molecule has 2 aromatic rings. The minimum atomic E-state index is -0.256. The summed E-state index contributed by atoms with van der Waals surface area (Å²) in [5.74, 6) is 0.202. The summed E-state index contributed by atoms with van der Waals surface area (Å²) in [7, 11) is 0. The Morgan fingerprint density at radius 3 is 2.78 bits per heavy atom. The molecule has 3 rings (SSSR count). The Morgan fingerprint density at radius 2 is 2.00 bits per heavy atom. The molecular formula is C18H18FNOS2. The maximum Gasteiger partial charge on any atom is 0.237 e. The fourth-order valence-electron chi connectivity index (χ4n) is 2.50. The monoisotopic (exact) mass is 347 g/mol. The Kier molecular flexibility index (Phi) is 5.28. The number of thioether (sulfide) groups is 2. The molecule has 0 saturated heterocycles. The fraction of sp³-hybridized carbons (Fsp3) is 0.278. The minimum absolute atomic E-state index is 0.0986. The average molecular weight is 347 g/mol. The van der Waals surface area contributed by atoms with E-state index in [1.165, 1.54) is 23.9 Å². The van der Waals surface area contributed by atoms with Gasteiger partial charge in [-0.1, -0.05) is 19.1 Å². The second-order valence-corrected chi connectivity index (χ2v) is 8.00. The first-order chi connectivity index (χ1) is 11.1. The number of nitrogens with zero attached hydrogens (tertiary/aromatic N) is 1. The lowest BCUT2D eigenvalue weighted by Crippen LogP contribution is -2.33. The van der Waals surface area contributed by atoms with Gasteiger partial charge in [-0.15, -0.1) is 23.5 Å². The second kappa shape index (κ2) is 7.41. The van der Waals surface area contributed by atoms with E-state index in [-0.39, 0.29) is 11.7 Å². The van der Waals surface area contributed by atoms with Gasteiger partial charge in [-0.3, -0.25) is 4.79 Å². The molecule has 0 saturated carbocycles. The highest BCUT2D eigenvalue weighted by Crippen LogP contribution is 2.37. The van der Waals surface area contributed by atoms with Gasteiger partial charge < -0.3 is 4.90 Å². The molecule has 1 amide bonds. The summed E-state index contributed by atoms with van der Waals surface area (Å²) in [6.45, 7) is 2.94. The van der Waals surface area contributed by atoms with E-state index in [2.05, 4.69) is 13.0 Å². The Morgan fingerprint density at radius 1 is 1.26 bits per heavy atom. The van der Waals surface area contributed by atoms with Crippen molar-refractivity contribution in [1.29, 1.82) is 0 Å². The third kappa shape index (κ3) is 4.09. The number of amides is 1. The molecule has 0 bridgehead atoms. The number of fused-ring (bicyclic) bond motifs is 1. The molecule has 23 heavy (non-hydrogen) atoms. The van der Waals surface area contributed by atoms with E-state index in [1.54, 1.807) is 12.1 Å². The molecule has 1 aliphatic rings. The quantitative estimate of drug-likeness (QED) is 0.741. The summed E-state index contributed by atoms with van der Waals surface area (Å²) in [6.07, 6.45) is 0.978. The van der Waals surface area contributed by atoms with Gasteiger partial charge in [0.25, 0.3) is 0 Å². The number of carbonyl (C=O) groups excluding carboxylic acids is 1. The van der Waals surface area contributed by atoms with Crippen molar-refractivity contribution in [3.63, 3.8) is 0 Å². The zero-order chi connectivity index (χ0) is 16.2. The van der Waals surface area contributed by atoms with Gasteiger partial charge in [-0.05, 0) is 42.8 Å². The van der Waals surface area contributed by atoms with E-state index in [0.29, 0.717) is 11.0 Å². The summed E-state index contributed by atoms with van der Waals surface area (Å²) >= 11 is 3.28. The lowest BCUT2D eigenvalue weighted by Gasteiger charge is -2.22. The molecule has 0 aliphatic carbocycles. The third-order valence-corrected chi connectivity index (χ3v) is 5.95. The largest absolute Gasteiger partial charge is 0.311 e. The molecule has 2 nitrogen and oxygen atoms in total. The smallest absolute Gasteiger partial charge is 0.237 e.